The number of nitrogens with one attached hydrogen (secondary N) is 1. The van der Waals surface area contributed by atoms with Gasteiger partial charge in [0.1, 0.15) is 0 Å². The van der Waals surface area contributed by atoms with Crippen molar-refractivity contribution in [1.29, 1.82) is 0 Å². The second kappa shape index (κ2) is 10.8. The van der Waals surface area contributed by atoms with Crippen LogP contribution in [0.5, 0.6) is 0 Å². The Morgan fingerprint density at radius 1 is 1.35 bits per heavy atom. The van der Waals surface area contributed by atoms with Gasteiger partial charge in [-0.3, -0.25) is 4.99 Å². The Morgan fingerprint density at radius 3 is 2.71 bits per heavy atom. The van der Waals surface area contributed by atoms with Crippen LogP contribution in [0.1, 0.15) is 25.7 Å². The van der Waals surface area contributed by atoms with Crippen LogP contribution in [0.2, 0.25) is 0 Å². The molecule has 0 unspecified atom stereocenters. The van der Waals surface area contributed by atoms with Gasteiger partial charge >= 0.3 is 0 Å². The molecule has 1 rings (SSSR count). The van der Waals surface area contributed by atoms with Crippen molar-refractivity contribution in [2.24, 2.45) is 10.7 Å². The second-order valence-corrected chi connectivity index (χ2v) is 4.19. The van der Waals surface area contributed by atoms with Crippen molar-refractivity contribution in [2.45, 2.75) is 25.7 Å². The van der Waals surface area contributed by atoms with Crippen molar-refractivity contribution in [2.75, 3.05) is 32.7 Å². The van der Waals surface area contributed by atoms with Gasteiger partial charge in [-0.15, -0.1) is 30.6 Å². The summed E-state index contributed by atoms with van der Waals surface area (Å²) in [6, 6.07) is 0. The molecule has 0 aliphatic carbocycles. The zero-order chi connectivity index (χ0) is 11.6. The normalized spacial score (nSPS) is 16.6. The summed E-state index contributed by atoms with van der Waals surface area (Å²) in [6.07, 6.45) is 6.86. The van der Waals surface area contributed by atoms with E-state index in [9.17, 15) is 0 Å². The van der Waals surface area contributed by atoms with Gasteiger partial charge in [-0.05, 0) is 45.3 Å². The number of unbranched alkanes of at least 4 members (excludes halogenated alkanes) is 1. The van der Waals surface area contributed by atoms with Gasteiger partial charge in [-0.2, -0.15) is 0 Å². The summed E-state index contributed by atoms with van der Waals surface area (Å²) >= 11 is 0. The van der Waals surface area contributed by atoms with Gasteiger partial charge in [-0.25, -0.2) is 0 Å². The van der Waals surface area contributed by atoms with E-state index in [0.717, 1.165) is 13.0 Å². The maximum atomic E-state index is 5.64. The Hall–Kier alpha value is -0.300. The Labute approximate surface area is 122 Å². The maximum Gasteiger partial charge on any atom is 0.188 e. The predicted molar refractivity (Wildman–Crippen MR) is 85.0 cm³/mol. The molecule has 0 amide bonds. The van der Waals surface area contributed by atoms with Crippen molar-refractivity contribution in [3.63, 3.8) is 0 Å². The molecule has 1 heterocycles. The monoisotopic (exact) mass is 352 g/mol. The zero-order valence-electron chi connectivity index (χ0n) is 10.5. The number of nitrogens with two attached hydrogens (primary N) is 1. The van der Waals surface area contributed by atoms with Crippen LogP contribution in [0, 0.1) is 0 Å². The number of likely N-dealkylation sites (tertiary alicyclic amines) is 1. The highest BCUT2D eigenvalue weighted by Crippen LogP contribution is 2.07. The minimum Gasteiger partial charge on any atom is -0.370 e. The van der Waals surface area contributed by atoms with Crippen molar-refractivity contribution in [3.05, 3.63) is 12.7 Å². The molecule has 0 aromatic rings. The molecule has 0 spiro atoms. The van der Waals surface area contributed by atoms with Crippen LogP contribution in [-0.2, 0) is 0 Å². The Kier molecular flexibility index (Phi) is 10.6. The molecule has 0 bridgehead atoms. The summed E-state index contributed by atoms with van der Waals surface area (Å²) in [4.78, 5) is 6.77. The van der Waals surface area contributed by atoms with Crippen LogP contribution < -0.4 is 11.1 Å². The minimum atomic E-state index is 0. The molecule has 0 radical (unpaired) electrons. The number of halogens is 1. The molecule has 5 heteroatoms. The van der Waals surface area contributed by atoms with Gasteiger partial charge in [0.15, 0.2) is 5.96 Å². The first-order valence-corrected chi connectivity index (χ1v) is 6.20. The number of hydrogen-bond acceptors (Lipinski definition) is 2. The first-order chi connectivity index (χ1) is 7.83. The molecule has 1 fully saturated rings. The molecular weight excluding hydrogens is 327 g/mol. The maximum absolute atomic E-state index is 5.64. The number of aliphatic imine (C=N–C) groups is 1. The summed E-state index contributed by atoms with van der Waals surface area (Å²) in [5.41, 5.74) is 5.64. The van der Waals surface area contributed by atoms with Crippen molar-refractivity contribution < 1.29 is 0 Å². The third kappa shape index (κ3) is 8.43. The molecule has 0 aromatic carbocycles. The van der Waals surface area contributed by atoms with Gasteiger partial charge in [0.2, 0.25) is 0 Å². The fourth-order valence-electron chi connectivity index (χ4n) is 1.89. The molecule has 0 atom stereocenters. The molecule has 3 N–H and O–H groups in total. The fraction of sp³-hybridized carbons (Fsp3) is 0.750. The predicted octanol–water partition coefficient (Wildman–Crippen LogP) is 1.57. The highest BCUT2D eigenvalue weighted by molar-refractivity contribution is 14.0. The van der Waals surface area contributed by atoms with E-state index in [1.165, 1.54) is 38.9 Å². The Morgan fingerprint density at radius 2 is 2.06 bits per heavy atom. The van der Waals surface area contributed by atoms with E-state index in [0.29, 0.717) is 12.5 Å². The van der Waals surface area contributed by atoms with E-state index in [-0.39, 0.29) is 24.0 Å². The molecule has 4 nitrogen and oxygen atoms in total. The van der Waals surface area contributed by atoms with E-state index in [4.69, 9.17) is 5.73 Å². The number of guanidine groups is 1. The molecule has 1 aliphatic rings. The summed E-state index contributed by atoms with van der Waals surface area (Å²) in [5.74, 6) is 0.529. The topological polar surface area (TPSA) is 53.6 Å². The van der Waals surface area contributed by atoms with Crippen LogP contribution in [0.15, 0.2) is 17.6 Å². The van der Waals surface area contributed by atoms with Crippen LogP contribution in [0.3, 0.4) is 0 Å². The third-order valence-electron chi connectivity index (χ3n) is 2.79. The van der Waals surface area contributed by atoms with E-state index in [1.54, 1.807) is 6.08 Å². The lowest BCUT2D eigenvalue weighted by atomic mass is 10.3. The highest BCUT2D eigenvalue weighted by Gasteiger charge is 2.09. The molecule has 1 aliphatic heterocycles. The highest BCUT2D eigenvalue weighted by atomic mass is 127. The molecule has 1 saturated heterocycles. The number of rotatable bonds is 7. The van der Waals surface area contributed by atoms with Crippen LogP contribution in [0.4, 0.5) is 0 Å². The SMILES string of the molecule is C=CCNC(N)=NCCCCN1CCCC1.I. The van der Waals surface area contributed by atoms with Gasteiger partial charge in [0.05, 0.1) is 0 Å². The smallest absolute Gasteiger partial charge is 0.188 e. The minimum absolute atomic E-state index is 0. The zero-order valence-corrected chi connectivity index (χ0v) is 12.9. The molecule has 0 aromatic heterocycles. The van der Waals surface area contributed by atoms with Crippen molar-refractivity contribution in [1.82, 2.24) is 10.2 Å². The standard InChI is InChI=1S/C12H24N4.HI/c1-2-7-14-12(13)15-8-3-4-9-16-10-5-6-11-16;/h2H,1,3-11H2,(H3,13,14,15);1H. The van der Waals surface area contributed by atoms with Crippen molar-refractivity contribution in [3.8, 4) is 0 Å². The lowest BCUT2D eigenvalue weighted by Crippen LogP contribution is -2.31. The van der Waals surface area contributed by atoms with Gasteiger partial charge < -0.3 is 16.0 Å². The number of hydrogen-bond donors (Lipinski definition) is 2. The largest absolute Gasteiger partial charge is 0.370 e. The van der Waals surface area contributed by atoms with Crippen LogP contribution in [-0.4, -0.2) is 43.6 Å². The van der Waals surface area contributed by atoms with Gasteiger partial charge in [0, 0.05) is 13.1 Å². The summed E-state index contributed by atoms with van der Waals surface area (Å²) in [5, 5.41) is 2.96. The van der Waals surface area contributed by atoms with Gasteiger partial charge in [-0.1, -0.05) is 6.08 Å². The summed E-state index contributed by atoms with van der Waals surface area (Å²) < 4.78 is 0. The van der Waals surface area contributed by atoms with E-state index in [2.05, 4.69) is 21.8 Å². The van der Waals surface area contributed by atoms with Crippen molar-refractivity contribution >= 4 is 29.9 Å². The van der Waals surface area contributed by atoms with E-state index >= 15 is 0 Å². The summed E-state index contributed by atoms with van der Waals surface area (Å²) in [6.45, 7) is 8.90. The van der Waals surface area contributed by atoms with E-state index < -0.39 is 0 Å². The molecule has 17 heavy (non-hydrogen) atoms. The van der Waals surface area contributed by atoms with Gasteiger partial charge in [0.25, 0.3) is 0 Å². The first kappa shape index (κ1) is 16.7. The average Bonchev–Trinajstić information content (AvgIpc) is 2.79. The van der Waals surface area contributed by atoms with Crippen LogP contribution in [0.25, 0.3) is 0 Å². The fourth-order valence-corrected chi connectivity index (χ4v) is 1.89. The third-order valence-corrected chi connectivity index (χ3v) is 2.79. The lowest BCUT2D eigenvalue weighted by Gasteiger charge is -2.13. The quantitative estimate of drug-likeness (QED) is 0.240. The molecular formula is C12H25IN4. The average molecular weight is 352 g/mol. The second-order valence-electron chi connectivity index (χ2n) is 4.19. The Bertz CT molecular complexity index is 225. The lowest BCUT2D eigenvalue weighted by molar-refractivity contribution is 0.331. The molecule has 0 saturated carbocycles. The van der Waals surface area contributed by atoms with E-state index in [1.807, 2.05) is 0 Å². The van der Waals surface area contributed by atoms with Crippen LogP contribution >= 0.6 is 24.0 Å². The first-order valence-electron chi connectivity index (χ1n) is 6.20. The number of nitrogens with zero attached hydrogens (tertiary/aromatic N) is 2. The Balaban J connectivity index is 0.00000256. The molecule has 100 valence electrons. The summed E-state index contributed by atoms with van der Waals surface area (Å²) in [7, 11) is 0.